The number of carbonyl (C=O) groups excluding carboxylic acids is 2. The molecule has 2 amide bonds. The predicted octanol–water partition coefficient (Wildman–Crippen LogP) is 4.00. The number of aromatic nitrogens is 2. The third kappa shape index (κ3) is 3.16. The molecule has 0 bridgehead atoms. The van der Waals surface area contributed by atoms with Gasteiger partial charge in [0.2, 0.25) is 0 Å². The van der Waals surface area contributed by atoms with E-state index in [-0.39, 0.29) is 5.82 Å². The second-order valence-electron chi connectivity index (χ2n) is 5.57. The third-order valence-corrected chi connectivity index (χ3v) is 4.62. The van der Waals surface area contributed by atoms with Crippen molar-refractivity contribution in [3.63, 3.8) is 0 Å². The molecule has 1 aliphatic heterocycles. The van der Waals surface area contributed by atoms with Crippen LogP contribution in [0.4, 0.5) is 9.18 Å². The smallest absolute Gasteiger partial charge is 0.282 e. The molecule has 1 aromatic heterocycles. The average molecular weight is 365 g/mol. The first kappa shape index (κ1) is 16.3. The Kier molecular flexibility index (Phi) is 4.14. The number of amides is 2. The molecule has 26 heavy (non-hydrogen) atoms. The van der Waals surface area contributed by atoms with E-state index in [1.54, 1.807) is 29.1 Å². The summed E-state index contributed by atoms with van der Waals surface area (Å²) in [5, 5.41) is 6.42. The van der Waals surface area contributed by atoms with E-state index in [0.29, 0.717) is 21.7 Å². The van der Waals surface area contributed by atoms with Gasteiger partial charge in [0, 0.05) is 17.3 Å². The summed E-state index contributed by atoms with van der Waals surface area (Å²) < 4.78 is 14.9. The maximum Gasteiger partial charge on any atom is 0.290 e. The van der Waals surface area contributed by atoms with Crippen LogP contribution >= 0.6 is 11.8 Å². The van der Waals surface area contributed by atoms with Gasteiger partial charge in [-0.25, -0.2) is 9.07 Å². The largest absolute Gasteiger partial charge is 0.290 e. The van der Waals surface area contributed by atoms with Crippen molar-refractivity contribution in [3.05, 3.63) is 77.1 Å². The first-order chi connectivity index (χ1) is 12.6. The van der Waals surface area contributed by atoms with E-state index in [1.807, 2.05) is 30.3 Å². The zero-order valence-electron chi connectivity index (χ0n) is 13.3. The van der Waals surface area contributed by atoms with Crippen molar-refractivity contribution in [2.24, 2.45) is 0 Å². The molecule has 1 N–H and O–H groups in total. The molecule has 0 atom stereocenters. The van der Waals surface area contributed by atoms with Crippen LogP contribution in [0.5, 0.6) is 0 Å². The monoisotopic (exact) mass is 365 g/mol. The molecule has 0 spiro atoms. The molecule has 0 radical (unpaired) electrons. The number of carbonyl (C=O) groups is 2. The summed E-state index contributed by atoms with van der Waals surface area (Å²) in [6.07, 6.45) is 3.40. The Morgan fingerprint density at radius 1 is 1.04 bits per heavy atom. The van der Waals surface area contributed by atoms with Crippen LogP contribution in [0.3, 0.4) is 0 Å². The molecule has 1 fully saturated rings. The number of rotatable bonds is 3. The number of benzene rings is 2. The lowest BCUT2D eigenvalue weighted by Crippen LogP contribution is -2.17. The first-order valence-corrected chi connectivity index (χ1v) is 8.58. The van der Waals surface area contributed by atoms with E-state index in [2.05, 4.69) is 10.4 Å². The summed E-state index contributed by atoms with van der Waals surface area (Å²) >= 11 is 0.844. The summed E-state index contributed by atoms with van der Waals surface area (Å²) in [6.45, 7) is 0. The van der Waals surface area contributed by atoms with Crippen LogP contribution in [0.2, 0.25) is 0 Å². The number of thioether (sulfide) groups is 1. The molecule has 128 valence electrons. The van der Waals surface area contributed by atoms with Crippen LogP contribution in [0.1, 0.15) is 5.56 Å². The minimum absolute atomic E-state index is 0.297. The van der Waals surface area contributed by atoms with Crippen LogP contribution in [0, 0.1) is 5.82 Å². The number of halogens is 1. The predicted molar refractivity (Wildman–Crippen MR) is 98.1 cm³/mol. The lowest BCUT2D eigenvalue weighted by atomic mass is 10.1. The first-order valence-electron chi connectivity index (χ1n) is 7.76. The van der Waals surface area contributed by atoms with Crippen molar-refractivity contribution >= 4 is 29.0 Å². The Balaban J connectivity index is 1.84. The summed E-state index contributed by atoms with van der Waals surface area (Å²) in [4.78, 5) is 23.6. The van der Waals surface area contributed by atoms with Gasteiger partial charge >= 0.3 is 0 Å². The molecule has 1 aliphatic rings. The van der Waals surface area contributed by atoms with Gasteiger partial charge in [-0.3, -0.25) is 14.9 Å². The minimum Gasteiger partial charge on any atom is -0.282 e. The molecule has 7 heteroatoms. The highest BCUT2D eigenvalue weighted by atomic mass is 32.2. The fraction of sp³-hybridized carbons (Fsp3) is 0. The highest BCUT2D eigenvalue weighted by Crippen LogP contribution is 2.30. The lowest BCUT2D eigenvalue weighted by molar-refractivity contribution is -0.115. The minimum atomic E-state index is -0.433. The Bertz CT molecular complexity index is 1030. The van der Waals surface area contributed by atoms with E-state index in [0.717, 1.165) is 17.4 Å². The number of hydrogen-bond acceptors (Lipinski definition) is 4. The number of nitrogens with one attached hydrogen (secondary N) is 1. The molecule has 1 saturated heterocycles. The van der Waals surface area contributed by atoms with E-state index in [1.165, 1.54) is 12.1 Å². The third-order valence-electron chi connectivity index (χ3n) is 3.81. The molecule has 5 nitrogen and oxygen atoms in total. The van der Waals surface area contributed by atoms with E-state index in [4.69, 9.17) is 0 Å². The molecule has 3 aromatic rings. The Morgan fingerprint density at radius 3 is 2.42 bits per heavy atom. The zero-order valence-corrected chi connectivity index (χ0v) is 14.2. The lowest BCUT2D eigenvalue weighted by Gasteiger charge is -2.00. The fourth-order valence-corrected chi connectivity index (χ4v) is 3.27. The van der Waals surface area contributed by atoms with Crippen molar-refractivity contribution in [2.75, 3.05) is 0 Å². The van der Waals surface area contributed by atoms with E-state index < -0.39 is 11.1 Å². The molecule has 4 rings (SSSR count). The van der Waals surface area contributed by atoms with Gasteiger partial charge in [0.25, 0.3) is 11.1 Å². The Hall–Kier alpha value is -3.19. The van der Waals surface area contributed by atoms with Gasteiger partial charge in [0.1, 0.15) is 5.82 Å². The van der Waals surface area contributed by atoms with Gasteiger partial charge in [-0.2, -0.15) is 5.10 Å². The van der Waals surface area contributed by atoms with Gasteiger partial charge in [0.15, 0.2) is 0 Å². The van der Waals surface area contributed by atoms with Crippen molar-refractivity contribution in [1.82, 2.24) is 15.1 Å². The number of para-hydroxylation sites is 1. The van der Waals surface area contributed by atoms with Gasteiger partial charge in [0.05, 0.1) is 16.3 Å². The standard InChI is InChI=1S/C19H12FN3O2S/c20-14-8-6-12(7-9-14)17-13(10-16-18(24)21-19(25)26-16)11-23(22-17)15-4-2-1-3-5-15/h1-11H,(H,21,24,25). The van der Waals surface area contributed by atoms with Crippen LogP contribution < -0.4 is 5.32 Å². The molecule has 0 aliphatic carbocycles. The van der Waals surface area contributed by atoms with E-state index >= 15 is 0 Å². The fourth-order valence-electron chi connectivity index (χ4n) is 2.60. The summed E-state index contributed by atoms with van der Waals surface area (Å²) in [6, 6.07) is 15.5. The average Bonchev–Trinajstić information content (AvgIpc) is 3.20. The highest BCUT2D eigenvalue weighted by molar-refractivity contribution is 8.18. The summed E-state index contributed by atoms with van der Waals surface area (Å²) in [5.74, 6) is -0.773. The van der Waals surface area contributed by atoms with Crippen molar-refractivity contribution < 1.29 is 14.0 Å². The second-order valence-corrected chi connectivity index (χ2v) is 6.59. The Labute approximate surface area is 152 Å². The van der Waals surface area contributed by atoms with Crippen LogP contribution in [-0.4, -0.2) is 20.9 Å². The van der Waals surface area contributed by atoms with Crippen molar-refractivity contribution in [3.8, 4) is 16.9 Å². The Morgan fingerprint density at radius 2 is 1.77 bits per heavy atom. The molecular weight excluding hydrogens is 353 g/mol. The number of nitrogens with zero attached hydrogens (tertiary/aromatic N) is 2. The van der Waals surface area contributed by atoms with Crippen LogP contribution in [0.25, 0.3) is 23.0 Å². The van der Waals surface area contributed by atoms with E-state index in [9.17, 15) is 14.0 Å². The van der Waals surface area contributed by atoms with Crippen LogP contribution in [0.15, 0.2) is 65.7 Å². The molecule has 0 unspecified atom stereocenters. The molecule has 2 aromatic carbocycles. The highest BCUT2D eigenvalue weighted by Gasteiger charge is 2.26. The quantitative estimate of drug-likeness (QED) is 0.713. The van der Waals surface area contributed by atoms with Gasteiger partial charge in [-0.15, -0.1) is 0 Å². The van der Waals surface area contributed by atoms with Crippen LogP contribution in [-0.2, 0) is 4.79 Å². The normalized spacial score (nSPS) is 15.5. The number of hydrogen-bond donors (Lipinski definition) is 1. The van der Waals surface area contributed by atoms with Gasteiger partial charge in [-0.1, -0.05) is 18.2 Å². The summed E-state index contributed by atoms with van der Waals surface area (Å²) in [5.41, 5.74) is 2.81. The second kappa shape index (κ2) is 6.61. The molecule has 0 saturated carbocycles. The molecular formula is C19H12FN3O2S. The summed E-state index contributed by atoms with van der Waals surface area (Å²) in [7, 11) is 0. The van der Waals surface area contributed by atoms with Crippen molar-refractivity contribution in [2.45, 2.75) is 0 Å². The zero-order chi connectivity index (χ0) is 18.1. The van der Waals surface area contributed by atoms with Gasteiger partial charge < -0.3 is 0 Å². The molecule has 2 heterocycles. The number of imide groups is 1. The van der Waals surface area contributed by atoms with Crippen molar-refractivity contribution in [1.29, 1.82) is 0 Å². The SMILES string of the molecule is O=C1NC(=O)C(=Cc2cn(-c3ccccc3)nc2-c2ccc(F)cc2)S1. The maximum absolute atomic E-state index is 13.3. The van der Waals surface area contributed by atoms with Gasteiger partial charge in [-0.05, 0) is 54.2 Å². The topological polar surface area (TPSA) is 64.0 Å². The maximum atomic E-state index is 13.3.